The number of amides is 1. The maximum absolute atomic E-state index is 13.2. The second-order valence-electron chi connectivity index (χ2n) is 9.90. The smallest absolute Gasteiger partial charge is 0.318 e. The zero-order valence-electron chi connectivity index (χ0n) is 22.1. The molecule has 0 fully saturated rings. The summed E-state index contributed by atoms with van der Waals surface area (Å²) >= 11 is 0. The molecule has 0 spiro atoms. The maximum atomic E-state index is 13.2. The minimum absolute atomic E-state index is 0.118. The van der Waals surface area contributed by atoms with E-state index in [1.165, 1.54) is 15.5 Å². The van der Waals surface area contributed by atoms with Gasteiger partial charge in [-0.1, -0.05) is 42.5 Å². The minimum atomic E-state index is -4.32. The molecular formula is C29H29F3N6O2. The molecule has 1 amide bonds. The molecule has 8 nitrogen and oxygen atoms in total. The average Bonchev–Trinajstić information content (AvgIpc) is 3.24. The Kier molecular flexibility index (Phi) is 7.59. The third kappa shape index (κ3) is 6.00. The Hall–Kier alpha value is -4.22. The highest BCUT2D eigenvalue weighted by atomic mass is 19.4. The van der Waals surface area contributed by atoms with E-state index in [0.29, 0.717) is 22.6 Å². The fourth-order valence-electron chi connectivity index (χ4n) is 5.03. The molecule has 5 rings (SSSR count). The van der Waals surface area contributed by atoms with Crippen molar-refractivity contribution in [3.8, 4) is 16.9 Å². The number of rotatable bonds is 7. The summed E-state index contributed by atoms with van der Waals surface area (Å²) in [6.07, 6.45) is -2.63. The van der Waals surface area contributed by atoms with Crippen LogP contribution in [-0.2, 0) is 18.4 Å². The number of para-hydroxylation sites is 1. The van der Waals surface area contributed by atoms with E-state index in [1.807, 2.05) is 55.5 Å². The van der Waals surface area contributed by atoms with Crippen molar-refractivity contribution in [2.75, 3.05) is 25.0 Å². The molecule has 0 radical (unpaired) electrons. The van der Waals surface area contributed by atoms with Crippen molar-refractivity contribution >= 4 is 11.7 Å². The van der Waals surface area contributed by atoms with E-state index in [4.69, 9.17) is 5.10 Å². The zero-order valence-corrected chi connectivity index (χ0v) is 22.1. The van der Waals surface area contributed by atoms with Gasteiger partial charge in [0, 0.05) is 49.6 Å². The van der Waals surface area contributed by atoms with Crippen LogP contribution in [-0.4, -0.2) is 51.0 Å². The maximum Gasteiger partial charge on any atom is 0.401 e. The minimum Gasteiger partial charge on any atom is -0.318 e. The first-order chi connectivity index (χ1) is 19.1. The number of hydrogen-bond donors (Lipinski definition) is 2. The zero-order chi connectivity index (χ0) is 28.4. The molecule has 0 saturated carbocycles. The Labute approximate surface area is 229 Å². The van der Waals surface area contributed by atoms with Gasteiger partial charge >= 0.3 is 6.18 Å². The quantitative estimate of drug-likeness (QED) is 0.361. The lowest BCUT2D eigenvalue weighted by atomic mass is 9.95. The van der Waals surface area contributed by atoms with Crippen LogP contribution < -0.4 is 16.2 Å². The van der Waals surface area contributed by atoms with E-state index in [0.717, 1.165) is 16.8 Å². The molecule has 2 N–H and O–H groups in total. The fourth-order valence-corrected chi connectivity index (χ4v) is 5.03. The number of aryl methyl sites for hydroxylation is 1. The highest BCUT2D eigenvalue weighted by molar-refractivity contribution is 5.93. The van der Waals surface area contributed by atoms with Crippen LogP contribution in [0.3, 0.4) is 0 Å². The molecule has 0 saturated heterocycles. The molecule has 3 heterocycles. The number of fused-ring (bicyclic) bond motifs is 1. The molecule has 1 unspecified atom stereocenters. The molecule has 2 aromatic carbocycles. The van der Waals surface area contributed by atoms with Gasteiger partial charge in [-0.2, -0.15) is 18.3 Å². The van der Waals surface area contributed by atoms with Crippen LogP contribution in [0, 0.1) is 6.92 Å². The molecule has 0 aliphatic carbocycles. The highest BCUT2D eigenvalue weighted by Crippen LogP contribution is 2.31. The van der Waals surface area contributed by atoms with Crippen LogP contribution in [0.25, 0.3) is 16.9 Å². The summed E-state index contributed by atoms with van der Waals surface area (Å²) in [5.74, 6) is 0.0993. The van der Waals surface area contributed by atoms with Crippen LogP contribution >= 0.6 is 0 Å². The van der Waals surface area contributed by atoms with Crippen LogP contribution in [0.4, 0.5) is 19.0 Å². The number of nitrogens with one attached hydrogen (secondary N) is 2. The van der Waals surface area contributed by atoms with Crippen molar-refractivity contribution in [1.29, 1.82) is 0 Å². The first-order valence-corrected chi connectivity index (χ1v) is 12.8. The standard InChI is InChI=1S/C29H29F3N6O2/c1-19-27(21-12-13-26(40)36(2)15-21)35-38(22-9-4-3-5-10-22)28(19)34-25(39)14-33-24-17-37(18-29(30,31)32)16-20-8-6-7-11-23(20)24/h3-13,15,24,33H,14,16-18H2,1-2H3,(H,34,39). The summed E-state index contributed by atoms with van der Waals surface area (Å²) in [4.78, 5) is 26.5. The summed E-state index contributed by atoms with van der Waals surface area (Å²) in [6, 6.07) is 19.4. The molecule has 0 bridgehead atoms. The number of carbonyl (C=O) groups is 1. The van der Waals surface area contributed by atoms with E-state index in [2.05, 4.69) is 10.6 Å². The molecule has 4 aromatic rings. The van der Waals surface area contributed by atoms with E-state index in [1.54, 1.807) is 30.1 Å². The van der Waals surface area contributed by atoms with Crippen LogP contribution in [0.2, 0.25) is 0 Å². The van der Waals surface area contributed by atoms with Crippen molar-refractivity contribution in [3.63, 3.8) is 0 Å². The SMILES string of the molecule is Cc1c(-c2ccc(=O)n(C)c2)nn(-c2ccccc2)c1NC(=O)CNC1CN(CC(F)(F)F)Cc2ccccc21. The van der Waals surface area contributed by atoms with E-state index < -0.39 is 18.8 Å². The summed E-state index contributed by atoms with van der Waals surface area (Å²) in [7, 11) is 1.66. The van der Waals surface area contributed by atoms with E-state index in [-0.39, 0.29) is 31.1 Å². The Morgan fingerprint density at radius 2 is 1.77 bits per heavy atom. The van der Waals surface area contributed by atoms with Crippen molar-refractivity contribution < 1.29 is 18.0 Å². The Morgan fingerprint density at radius 3 is 2.50 bits per heavy atom. The number of alkyl halides is 3. The number of aromatic nitrogens is 3. The lowest BCUT2D eigenvalue weighted by Crippen LogP contribution is -2.45. The van der Waals surface area contributed by atoms with Crippen LogP contribution in [0.5, 0.6) is 0 Å². The van der Waals surface area contributed by atoms with E-state index in [9.17, 15) is 22.8 Å². The second-order valence-corrected chi connectivity index (χ2v) is 9.90. The first-order valence-electron chi connectivity index (χ1n) is 12.8. The number of benzene rings is 2. The van der Waals surface area contributed by atoms with Gasteiger partial charge in [0.1, 0.15) is 5.82 Å². The number of pyridine rings is 1. The number of anilines is 1. The van der Waals surface area contributed by atoms with Crippen LogP contribution in [0.1, 0.15) is 22.7 Å². The van der Waals surface area contributed by atoms with Gasteiger partial charge in [0.15, 0.2) is 0 Å². The molecular weight excluding hydrogens is 521 g/mol. The third-order valence-electron chi connectivity index (χ3n) is 6.92. The Balaban J connectivity index is 1.39. The summed E-state index contributed by atoms with van der Waals surface area (Å²) in [6.45, 7) is 1.02. The summed E-state index contributed by atoms with van der Waals surface area (Å²) < 4.78 is 42.5. The molecule has 1 aliphatic heterocycles. The Bertz CT molecular complexity index is 1580. The molecule has 11 heteroatoms. The lowest BCUT2D eigenvalue weighted by molar-refractivity contribution is -0.148. The largest absolute Gasteiger partial charge is 0.401 e. The van der Waals surface area contributed by atoms with Gasteiger partial charge in [-0.15, -0.1) is 0 Å². The normalized spacial score (nSPS) is 15.6. The molecule has 40 heavy (non-hydrogen) atoms. The van der Waals surface area contributed by atoms with Gasteiger partial charge in [0.25, 0.3) is 0 Å². The molecule has 1 aliphatic rings. The second kappa shape index (κ2) is 11.1. The van der Waals surface area contributed by atoms with Gasteiger partial charge in [-0.05, 0) is 36.2 Å². The lowest BCUT2D eigenvalue weighted by Gasteiger charge is -2.35. The number of nitrogens with zero attached hydrogens (tertiary/aromatic N) is 4. The average molecular weight is 551 g/mol. The number of hydrogen-bond acceptors (Lipinski definition) is 5. The third-order valence-corrected chi connectivity index (χ3v) is 6.92. The van der Waals surface area contributed by atoms with Crippen molar-refractivity contribution in [3.05, 3.63) is 100.0 Å². The van der Waals surface area contributed by atoms with Gasteiger partial charge in [0.05, 0.1) is 24.5 Å². The van der Waals surface area contributed by atoms with Gasteiger partial charge in [-0.3, -0.25) is 14.5 Å². The number of carbonyl (C=O) groups excluding carboxylic acids is 1. The number of halogens is 3. The highest BCUT2D eigenvalue weighted by Gasteiger charge is 2.34. The van der Waals surface area contributed by atoms with Gasteiger partial charge in [-0.25, -0.2) is 4.68 Å². The van der Waals surface area contributed by atoms with Crippen molar-refractivity contribution in [2.45, 2.75) is 25.7 Å². The predicted octanol–water partition coefficient (Wildman–Crippen LogP) is 4.19. The van der Waals surface area contributed by atoms with Crippen molar-refractivity contribution in [2.24, 2.45) is 7.05 Å². The van der Waals surface area contributed by atoms with E-state index >= 15 is 0 Å². The summed E-state index contributed by atoms with van der Waals surface area (Å²) in [5.41, 5.74) is 4.29. The van der Waals surface area contributed by atoms with Crippen LogP contribution in [0.15, 0.2) is 77.7 Å². The molecule has 208 valence electrons. The topological polar surface area (TPSA) is 84.2 Å². The summed E-state index contributed by atoms with van der Waals surface area (Å²) in [5, 5.41) is 10.8. The molecule has 1 atom stereocenters. The monoisotopic (exact) mass is 550 g/mol. The Morgan fingerprint density at radius 1 is 1.05 bits per heavy atom. The first kappa shape index (κ1) is 27.4. The fraction of sp³-hybridized carbons (Fsp3) is 0.276. The van der Waals surface area contributed by atoms with Gasteiger partial charge in [0.2, 0.25) is 11.5 Å². The predicted molar refractivity (Wildman–Crippen MR) is 146 cm³/mol. The van der Waals surface area contributed by atoms with Crippen molar-refractivity contribution in [1.82, 2.24) is 24.6 Å². The molecule has 2 aromatic heterocycles. The van der Waals surface area contributed by atoms with Gasteiger partial charge < -0.3 is 15.2 Å².